The first-order chi connectivity index (χ1) is 11.2. The molecule has 4 nitrogen and oxygen atoms in total. The van der Waals surface area contributed by atoms with Crippen molar-refractivity contribution >= 4 is 17.5 Å². The molecule has 1 aliphatic heterocycles. The average Bonchev–Trinajstić information content (AvgIpc) is 3.05. The molecule has 0 saturated carbocycles. The summed E-state index contributed by atoms with van der Waals surface area (Å²) in [5.41, 5.74) is 1.92. The van der Waals surface area contributed by atoms with Crippen LogP contribution in [0.4, 0.5) is 0 Å². The summed E-state index contributed by atoms with van der Waals surface area (Å²) in [5.74, 6) is 0.797. The summed E-state index contributed by atoms with van der Waals surface area (Å²) in [4.78, 5) is 18.8. The Labute approximate surface area is 141 Å². The van der Waals surface area contributed by atoms with Gasteiger partial charge in [-0.2, -0.15) is 0 Å². The largest absolute Gasteiger partial charge is 0.496 e. The van der Waals surface area contributed by atoms with E-state index in [9.17, 15) is 4.79 Å². The van der Waals surface area contributed by atoms with Crippen molar-refractivity contribution in [3.63, 3.8) is 0 Å². The fourth-order valence-corrected chi connectivity index (χ4v) is 3.34. The molecule has 1 aromatic heterocycles. The topological polar surface area (TPSA) is 42.4 Å². The van der Waals surface area contributed by atoms with Gasteiger partial charge in [0.15, 0.2) is 0 Å². The average molecular weight is 331 g/mol. The standard InChI is InChI=1S/C18H19ClN2O2/c1-23-17-7-8-20-12-14(17)11-18(22)21-9-3-6-16(21)13-4-2-5-15(19)10-13/h2,4-5,7-8,10,12,16H,3,6,9,11H2,1H3. The van der Waals surface area contributed by atoms with Gasteiger partial charge in [0.1, 0.15) is 5.75 Å². The Bertz CT molecular complexity index is 705. The first-order valence-electron chi connectivity index (χ1n) is 7.71. The minimum atomic E-state index is 0.0961. The van der Waals surface area contributed by atoms with E-state index >= 15 is 0 Å². The van der Waals surface area contributed by atoms with Crippen molar-refractivity contribution < 1.29 is 9.53 Å². The van der Waals surface area contributed by atoms with Crippen LogP contribution in [0.2, 0.25) is 5.02 Å². The zero-order chi connectivity index (χ0) is 16.2. The Morgan fingerprint density at radius 3 is 3.09 bits per heavy atom. The van der Waals surface area contributed by atoms with Crippen LogP contribution in [0.3, 0.4) is 0 Å². The molecule has 1 fully saturated rings. The number of carbonyl (C=O) groups excluding carboxylic acids is 1. The zero-order valence-electron chi connectivity index (χ0n) is 13.0. The van der Waals surface area contributed by atoms with E-state index in [0.717, 1.165) is 30.5 Å². The van der Waals surface area contributed by atoms with E-state index < -0.39 is 0 Å². The van der Waals surface area contributed by atoms with Crippen molar-refractivity contribution in [1.29, 1.82) is 0 Å². The maximum absolute atomic E-state index is 12.8. The van der Waals surface area contributed by atoms with Gasteiger partial charge in [0, 0.05) is 29.5 Å². The lowest BCUT2D eigenvalue weighted by molar-refractivity contribution is -0.131. The molecule has 2 heterocycles. The van der Waals surface area contributed by atoms with Gasteiger partial charge in [-0.15, -0.1) is 0 Å². The Hall–Kier alpha value is -2.07. The minimum absolute atomic E-state index is 0.0961. The summed E-state index contributed by atoms with van der Waals surface area (Å²) < 4.78 is 5.31. The number of likely N-dealkylation sites (tertiary alicyclic amines) is 1. The second kappa shape index (κ2) is 7.01. The summed E-state index contributed by atoms with van der Waals surface area (Å²) in [7, 11) is 1.61. The van der Waals surface area contributed by atoms with E-state index in [0.29, 0.717) is 17.2 Å². The third-order valence-corrected chi connectivity index (χ3v) is 4.46. The number of ether oxygens (including phenoxy) is 1. The predicted molar refractivity (Wildman–Crippen MR) is 89.6 cm³/mol. The second-order valence-corrected chi connectivity index (χ2v) is 6.10. The van der Waals surface area contributed by atoms with Crippen molar-refractivity contribution in [3.05, 3.63) is 58.9 Å². The molecule has 2 aromatic rings. The van der Waals surface area contributed by atoms with Gasteiger partial charge in [0.05, 0.1) is 19.6 Å². The molecule has 1 aromatic carbocycles. The monoisotopic (exact) mass is 330 g/mol. The molecule has 0 N–H and O–H groups in total. The molecule has 0 bridgehead atoms. The normalized spacial score (nSPS) is 17.3. The van der Waals surface area contributed by atoms with Gasteiger partial charge in [0.25, 0.3) is 0 Å². The molecule has 1 amide bonds. The number of aromatic nitrogens is 1. The first kappa shape index (κ1) is 15.8. The van der Waals surface area contributed by atoms with Crippen molar-refractivity contribution in [2.75, 3.05) is 13.7 Å². The number of benzene rings is 1. The van der Waals surface area contributed by atoms with Crippen LogP contribution in [-0.4, -0.2) is 29.4 Å². The lowest BCUT2D eigenvalue weighted by atomic mass is 10.0. The molecule has 1 saturated heterocycles. The molecule has 0 radical (unpaired) electrons. The summed E-state index contributed by atoms with van der Waals surface area (Å²) >= 11 is 6.09. The van der Waals surface area contributed by atoms with Crippen LogP contribution >= 0.6 is 11.6 Å². The van der Waals surface area contributed by atoms with Gasteiger partial charge in [0.2, 0.25) is 5.91 Å². The molecule has 1 atom stereocenters. The molecular weight excluding hydrogens is 312 g/mol. The van der Waals surface area contributed by atoms with Crippen molar-refractivity contribution in [3.8, 4) is 5.75 Å². The van der Waals surface area contributed by atoms with E-state index in [1.807, 2.05) is 29.2 Å². The Morgan fingerprint density at radius 1 is 1.43 bits per heavy atom. The molecule has 1 unspecified atom stereocenters. The highest BCUT2D eigenvalue weighted by Crippen LogP contribution is 2.33. The lowest BCUT2D eigenvalue weighted by Gasteiger charge is -2.25. The van der Waals surface area contributed by atoms with Gasteiger partial charge in [-0.05, 0) is 36.6 Å². The lowest BCUT2D eigenvalue weighted by Crippen LogP contribution is -2.32. The Balaban J connectivity index is 1.78. The van der Waals surface area contributed by atoms with Crippen LogP contribution in [0, 0.1) is 0 Å². The third-order valence-electron chi connectivity index (χ3n) is 4.23. The number of rotatable bonds is 4. The smallest absolute Gasteiger partial charge is 0.227 e. The highest BCUT2D eigenvalue weighted by molar-refractivity contribution is 6.30. The number of halogens is 1. The number of methoxy groups -OCH3 is 1. The number of amides is 1. The van der Waals surface area contributed by atoms with Crippen LogP contribution in [0.1, 0.15) is 30.0 Å². The molecule has 1 aliphatic rings. The summed E-state index contributed by atoms with van der Waals surface area (Å²) in [6.07, 6.45) is 5.63. The SMILES string of the molecule is COc1ccncc1CC(=O)N1CCCC1c1cccc(Cl)c1. The second-order valence-electron chi connectivity index (χ2n) is 5.66. The number of carbonyl (C=O) groups is 1. The quantitative estimate of drug-likeness (QED) is 0.859. The molecular formula is C18H19ClN2O2. The van der Waals surface area contributed by atoms with Gasteiger partial charge >= 0.3 is 0 Å². The third kappa shape index (κ3) is 3.48. The molecule has 3 rings (SSSR count). The molecule has 120 valence electrons. The number of pyridine rings is 1. The van der Waals surface area contributed by atoms with Gasteiger partial charge < -0.3 is 9.64 Å². The van der Waals surface area contributed by atoms with E-state index in [1.165, 1.54) is 0 Å². The van der Waals surface area contributed by atoms with Crippen molar-refractivity contribution in [2.45, 2.75) is 25.3 Å². The van der Waals surface area contributed by atoms with Crippen molar-refractivity contribution in [1.82, 2.24) is 9.88 Å². The maximum atomic E-state index is 12.8. The molecule has 23 heavy (non-hydrogen) atoms. The Kier molecular flexibility index (Phi) is 4.82. The predicted octanol–water partition coefficient (Wildman–Crippen LogP) is 3.65. The summed E-state index contributed by atoms with van der Waals surface area (Å²) in [6.45, 7) is 0.776. The summed E-state index contributed by atoms with van der Waals surface area (Å²) in [5, 5.41) is 0.704. The Morgan fingerprint density at radius 2 is 2.30 bits per heavy atom. The first-order valence-corrected chi connectivity index (χ1v) is 8.08. The van der Waals surface area contributed by atoms with E-state index in [1.54, 1.807) is 25.6 Å². The number of hydrogen-bond acceptors (Lipinski definition) is 3. The van der Waals surface area contributed by atoms with E-state index in [4.69, 9.17) is 16.3 Å². The molecule has 0 spiro atoms. The van der Waals surface area contributed by atoms with E-state index in [2.05, 4.69) is 4.98 Å². The van der Waals surface area contributed by atoms with E-state index in [-0.39, 0.29) is 11.9 Å². The fourth-order valence-electron chi connectivity index (χ4n) is 3.14. The van der Waals surface area contributed by atoms with Crippen LogP contribution in [-0.2, 0) is 11.2 Å². The molecule has 0 aliphatic carbocycles. The van der Waals surface area contributed by atoms with Gasteiger partial charge in [-0.25, -0.2) is 0 Å². The zero-order valence-corrected chi connectivity index (χ0v) is 13.8. The number of hydrogen-bond donors (Lipinski definition) is 0. The van der Waals surface area contributed by atoms with Crippen LogP contribution in [0.15, 0.2) is 42.7 Å². The fraction of sp³-hybridized carbons (Fsp3) is 0.333. The highest BCUT2D eigenvalue weighted by atomic mass is 35.5. The molecule has 5 heteroatoms. The van der Waals surface area contributed by atoms with Crippen LogP contribution in [0.5, 0.6) is 5.75 Å². The van der Waals surface area contributed by atoms with Crippen molar-refractivity contribution in [2.24, 2.45) is 0 Å². The highest BCUT2D eigenvalue weighted by Gasteiger charge is 2.30. The van der Waals surface area contributed by atoms with Crippen LogP contribution < -0.4 is 4.74 Å². The van der Waals surface area contributed by atoms with Gasteiger partial charge in [-0.3, -0.25) is 9.78 Å². The maximum Gasteiger partial charge on any atom is 0.227 e. The minimum Gasteiger partial charge on any atom is -0.496 e. The van der Waals surface area contributed by atoms with Gasteiger partial charge in [-0.1, -0.05) is 23.7 Å². The van der Waals surface area contributed by atoms with Crippen LogP contribution in [0.25, 0.3) is 0 Å². The number of nitrogens with zero attached hydrogens (tertiary/aromatic N) is 2. The summed E-state index contributed by atoms with van der Waals surface area (Å²) in [6, 6.07) is 9.65.